The molecule has 10 heteroatoms. The summed E-state index contributed by atoms with van der Waals surface area (Å²) in [5.74, 6) is -2.04. The summed E-state index contributed by atoms with van der Waals surface area (Å²) < 4.78 is 4.62. The van der Waals surface area contributed by atoms with Crippen molar-refractivity contribution in [2.24, 2.45) is 0 Å². The lowest BCUT2D eigenvalue weighted by atomic mass is 10.2. The van der Waals surface area contributed by atoms with Gasteiger partial charge < -0.3 is 15.2 Å². The number of hydrogen-bond donors (Lipinski definition) is 2. The van der Waals surface area contributed by atoms with Crippen LogP contribution in [0.3, 0.4) is 0 Å². The van der Waals surface area contributed by atoms with Crippen LogP contribution in [0.1, 0.15) is 10.4 Å². The zero-order valence-electron chi connectivity index (χ0n) is 10.2. The first-order valence-electron chi connectivity index (χ1n) is 5.20. The predicted octanol–water partition coefficient (Wildman–Crippen LogP) is 0.473. The van der Waals surface area contributed by atoms with E-state index in [-0.39, 0.29) is 17.3 Å². The summed E-state index contributed by atoms with van der Waals surface area (Å²) in [7, 11) is 1.17. The maximum atomic E-state index is 11.8. The molecule has 108 valence electrons. The van der Waals surface area contributed by atoms with E-state index in [0.29, 0.717) is 0 Å². The van der Waals surface area contributed by atoms with Gasteiger partial charge in [0.2, 0.25) is 0 Å². The third-order valence-corrected chi connectivity index (χ3v) is 2.59. The molecule has 1 aromatic rings. The molecule has 0 aromatic carbocycles. The monoisotopic (exact) mass is 303 g/mol. The van der Waals surface area contributed by atoms with Gasteiger partial charge in [0.05, 0.1) is 17.0 Å². The number of halogens is 1. The van der Waals surface area contributed by atoms with Crippen LogP contribution in [0.4, 0.5) is 5.69 Å². The molecule has 0 aliphatic rings. The Bertz CT molecular complexity index is 550. The van der Waals surface area contributed by atoms with Crippen molar-refractivity contribution in [2.75, 3.05) is 13.7 Å². The van der Waals surface area contributed by atoms with Gasteiger partial charge in [-0.05, 0) is 0 Å². The van der Waals surface area contributed by atoms with E-state index in [4.69, 9.17) is 16.7 Å². The zero-order chi connectivity index (χ0) is 15.3. The average molecular weight is 304 g/mol. The van der Waals surface area contributed by atoms with Gasteiger partial charge in [-0.15, -0.1) is 0 Å². The van der Waals surface area contributed by atoms with Gasteiger partial charge in [0.1, 0.15) is 11.3 Å². The Morgan fingerprint density at radius 3 is 2.80 bits per heavy atom. The molecule has 1 aromatic heterocycles. The Hall–Kier alpha value is -2.26. The van der Waals surface area contributed by atoms with Crippen molar-refractivity contribution in [2.45, 2.75) is 6.10 Å². The van der Waals surface area contributed by atoms with E-state index in [1.165, 1.54) is 7.11 Å². The van der Waals surface area contributed by atoms with Gasteiger partial charge in [-0.3, -0.25) is 14.9 Å². The van der Waals surface area contributed by atoms with Crippen molar-refractivity contribution in [1.82, 2.24) is 10.3 Å². The molecule has 0 radical (unpaired) electrons. The van der Waals surface area contributed by atoms with Gasteiger partial charge in [0.15, 0.2) is 6.10 Å². The van der Waals surface area contributed by atoms with Gasteiger partial charge in [0, 0.05) is 13.2 Å². The number of nitrogens with zero attached hydrogens (tertiary/aromatic N) is 2. The van der Waals surface area contributed by atoms with E-state index < -0.39 is 28.6 Å². The molecule has 0 spiro atoms. The highest BCUT2D eigenvalue weighted by molar-refractivity contribution is 6.32. The number of aliphatic carboxylic acids is 1. The second-order valence-electron chi connectivity index (χ2n) is 3.56. The third kappa shape index (κ3) is 3.87. The number of carbonyl (C=O) groups excluding carboxylic acids is 1. The summed E-state index contributed by atoms with van der Waals surface area (Å²) in [5, 5.41) is 21.3. The van der Waals surface area contributed by atoms with Crippen molar-refractivity contribution in [1.29, 1.82) is 0 Å². The summed E-state index contributed by atoms with van der Waals surface area (Å²) >= 11 is 5.67. The number of amides is 1. The van der Waals surface area contributed by atoms with E-state index in [9.17, 15) is 19.7 Å². The highest BCUT2D eigenvalue weighted by Gasteiger charge is 2.21. The Morgan fingerprint density at radius 1 is 1.65 bits per heavy atom. The number of rotatable bonds is 6. The molecular formula is C10H10ClN3O6. The lowest BCUT2D eigenvalue weighted by Gasteiger charge is -2.11. The molecule has 0 bridgehead atoms. The third-order valence-electron chi connectivity index (χ3n) is 2.29. The van der Waals surface area contributed by atoms with Crippen molar-refractivity contribution in [3.05, 3.63) is 33.1 Å². The first kappa shape index (κ1) is 15.8. The number of aromatic nitrogens is 1. The van der Waals surface area contributed by atoms with Crippen LogP contribution in [0.5, 0.6) is 0 Å². The number of methoxy groups -OCH3 is 1. The highest BCUT2D eigenvalue weighted by Crippen LogP contribution is 2.18. The molecule has 1 atom stereocenters. The Kier molecular flexibility index (Phi) is 5.35. The number of carbonyl (C=O) groups is 2. The average Bonchev–Trinajstić information content (AvgIpc) is 2.38. The molecule has 0 saturated carbocycles. The molecule has 1 amide bonds. The van der Waals surface area contributed by atoms with Crippen LogP contribution in [0.25, 0.3) is 0 Å². The van der Waals surface area contributed by atoms with Crippen LogP contribution in [0.2, 0.25) is 5.15 Å². The first-order chi connectivity index (χ1) is 9.36. The summed E-state index contributed by atoms with van der Waals surface area (Å²) in [4.78, 5) is 35.8. The van der Waals surface area contributed by atoms with Gasteiger partial charge >= 0.3 is 5.97 Å². The Labute approximate surface area is 117 Å². The van der Waals surface area contributed by atoms with Crippen LogP contribution < -0.4 is 5.32 Å². The Balaban J connectivity index is 2.84. The number of nitro groups is 1. The molecule has 0 aliphatic heterocycles. The first-order valence-corrected chi connectivity index (χ1v) is 5.58. The van der Waals surface area contributed by atoms with Crippen LogP contribution in [-0.2, 0) is 9.53 Å². The van der Waals surface area contributed by atoms with Crippen molar-refractivity contribution in [3.63, 3.8) is 0 Å². The molecule has 0 saturated heterocycles. The van der Waals surface area contributed by atoms with Crippen LogP contribution in [-0.4, -0.2) is 46.6 Å². The van der Waals surface area contributed by atoms with Gasteiger partial charge in [-0.25, -0.2) is 9.78 Å². The lowest BCUT2D eigenvalue weighted by molar-refractivity contribution is -0.385. The van der Waals surface area contributed by atoms with E-state index in [1.807, 2.05) is 0 Å². The minimum Gasteiger partial charge on any atom is -0.479 e. The maximum absolute atomic E-state index is 11.8. The minimum absolute atomic E-state index is 0.221. The number of carboxylic acids is 1. The highest BCUT2D eigenvalue weighted by atomic mass is 35.5. The number of pyridine rings is 1. The van der Waals surface area contributed by atoms with Crippen molar-refractivity contribution in [3.8, 4) is 0 Å². The minimum atomic E-state index is -1.25. The largest absolute Gasteiger partial charge is 0.479 e. The van der Waals surface area contributed by atoms with Crippen LogP contribution >= 0.6 is 11.6 Å². The SMILES string of the molecule is COC(CNC(=O)c1cc([N+](=O)[O-])cnc1Cl)C(=O)O. The molecule has 0 aliphatic carbocycles. The second-order valence-corrected chi connectivity index (χ2v) is 3.92. The summed E-state index contributed by atoms with van der Waals surface area (Å²) in [6, 6.07) is 0.952. The van der Waals surface area contributed by atoms with E-state index in [0.717, 1.165) is 12.3 Å². The fourth-order valence-electron chi connectivity index (χ4n) is 1.25. The fraction of sp³-hybridized carbons (Fsp3) is 0.300. The molecule has 9 nitrogen and oxygen atoms in total. The van der Waals surface area contributed by atoms with Crippen LogP contribution in [0, 0.1) is 10.1 Å². The molecule has 2 N–H and O–H groups in total. The predicted molar refractivity (Wildman–Crippen MR) is 66.7 cm³/mol. The maximum Gasteiger partial charge on any atom is 0.334 e. The number of carboxylic acid groups (broad SMARTS) is 1. The lowest BCUT2D eigenvalue weighted by Crippen LogP contribution is -2.38. The topological polar surface area (TPSA) is 132 Å². The molecule has 0 fully saturated rings. The summed E-state index contributed by atoms with van der Waals surface area (Å²) in [6.07, 6.45) is -0.321. The quantitative estimate of drug-likeness (QED) is 0.443. The molecule has 20 heavy (non-hydrogen) atoms. The Morgan fingerprint density at radius 2 is 2.30 bits per heavy atom. The molecular weight excluding hydrogens is 294 g/mol. The standard InChI is InChI=1S/C10H10ClN3O6/c1-20-7(10(16)17)4-13-9(15)6-2-5(14(18)19)3-12-8(6)11/h2-3,7H,4H2,1H3,(H,13,15)(H,16,17). The number of nitrogens with one attached hydrogen (secondary N) is 1. The van der Waals surface area contributed by atoms with Gasteiger partial charge in [-0.2, -0.15) is 0 Å². The zero-order valence-corrected chi connectivity index (χ0v) is 11.0. The summed E-state index contributed by atoms with van der Waals surface area (Å²) in [6.45, 7) is -0.316. The van der Waals surface area contributed by atoms with Crippen molar-refractivity contribution >= 4 is 29.2 Å². The van der Waals surface area contributed by atoms with Gasteiger partial charge in [-0.1, -0.05) is 11.6 Å². The smallest absolute Gasteiger partial charge is 0.334 e. The summed E-state index contributed by atoms with van der Waals surface area (Å²) in [5.41, 5.74) is -0.623. The fourth-order valence-corrected chi connectivity index (χ4v) is 1.44. The second kappa shape index (κ2) is 6.78. The van der Waals surface area contributed by atoms with Crippen LogP contribution in [0.15, 0.2) is 12.3 Å². The van der Waals surface area contributed by atoms with Crippen molar-refractivity contribution < 1.29 is 24.4 Å². The number of ether oxygens (including phenoxy) is 1. The molecule has 1 unspecified atom stereocenters. The molecule has 1 heterocycles. The van der Waals surface area contributed by atoms with E-state index in [2.05, 4.69) is 15.0 Å². The normalized spacial score (nSPS) is 11.7. The van der Waals surface area contributed by atoms with Gasteiger partial charge in [0.25, 0.3) is 11.6 Å². The molecule has 1 rings (SSSR count). The van der Waals surface area contributed by atoms with E-state index in [1.54, 1.807) is 0 Å². The number of hydrogen-bond acceptors (Lipinski definition) is 6. The van der Waals surface area contributed by atoms with E-state index >= 15 is 0 Å².